The molecule has 2 aromatic rings. The van der Waals surface area contributed by atoms with Gasteiger partial charge in [-0.1, -0.05) is 24.3 Å². The van der Waals surface area contributed by atoms with Crippen LogP contribution in [-0.4, -0.2) is 39.4 Å². The van der Waals surface area contributed by atoms with Crippen LogP contribution in [0.2, 0.25) is 0 Å². The van der Waals surface area contributed by atoms with Crippen molar-refractivity contribution in [1.29, 1.82) is 0 Å². The lowest BCUT2D eigenvalue weighted by Gasteiger charge is -2.21. The number of carbonyl (C=O) groups excluding carboxylic acids is 2. The van der Waals surface area contributed by atoms with Gasteiger partial charge in [0, 0.05) is 19.0 Å². The maximum Gasteiger partial charge on any atom is 0.243 e. The summed E-state index contributed by atoms with van der Waals surface area (Å²) in [4.78, 5) is 31.4. The maximum absolute atomic E-state index is 12.8. The van der Waals surface area contributed by atoms with E-state index < -0.39 is 0 Å². The van der Waals surface area contributed by atoms with Gasteiger partial charge in [-0.15, -0.1) is 13.2 Å². The van der Waals surface area contributed by atoms with Crippen LogP contribution in [0.25, 0.3) is 11.0 Å². The lowest BCUT2D eigenvalue weighted by Crippen LogP contribution is -2.35. The number of carbonyl (C=O) groups is 2. The number of aromatic nitrogens is 2. The quantitative estimate of drug-likeness (QED) is 0.694. The molecule has 2 amide bonds. The van der Waals surface area contributed by atoms with Crippen LogP contribution < -0.4 is 5.32 Å². The highest BCUT2D eigenvalue weighted by molar-refractivity contribution is 5.83. The topological polar surface area (TPSA) is 67.2 Å². The third-order valence-corrected chi connectivity index (χ3v) is 4.72. The van der Waals surface area contributed by atoms with Gasteiger partial charge in [-0.2, -0.15) is 0 Å². The first-order chi connectivity index (χ1) is 13.0. The third kappa shape index (κ3) is 4.27. The number of nitrogens with one attached hydrogen (secondary N) is 1. The monoisotopic (exact) mass is 366 g/mol. The van der Waals surface area contributed by atoms with E-state index in [-0.39, 0.29) is 30.3 Å². The third-order valence-electron chi connectivity index (χ3n) is 4.72. The highest BCUT2D eigenvalue weighted by Crippen LogP contribution is 2.30. The molecule has 0 radical (unpaired) electrons. The summed E-state index contributed by atoms with van der Waals surface area (Å²) < 4.78 is 1.90. The van der Waals surface area contributed by atoms with E-state index in [0.717, 1.165) is 23.9 Å². The summed E-state index contributed by atoms with van der Waals surface area (Å²) in [6.45, 7) is 10.4. The summed E-state index contributed by atoms with van der Waals surface area (Å²) in [5.74, 6) is 0.839. The van der Waals surface area contributed by atoms with Gasteiger partial charge in [-0.3, -0.25) is 9.59 Å². The van der Waals surface area contributed by atoms with Crippen LogP contribution in [0.5, 0.6) is 0 Å². The van der Waals surface area contributed by atoms with Gasteiger partial charge in [-0.25, -0.2) is 4.98 Å². The van der Waals surface area contributed by atoms with Crippen molar-refractivity contribution < 1.29 is 9.59 Å². The Labute approximate surface area is 159 Å². The Balaban J connectivity index is 1.89. The number of amides is 2. The summed E-state index contributed by atoms with van der Waals surface area (Å²) in [5.41, 5.74) is 1.69. The number of nitrogens with zero attached hydrogens (tertiary/aromatic N) is 3. The van der Waals surface area contributed by atoms with Crippen molar-refractivity contribution in [3.63, 3.8) is 0 Å². The Kier molecular flexibility index (Phi) is 5.74. The van der Waals surface area contributed by atoms with Gasteiger partial charge in [0.25, 0.3) is 0 Å². The van der Waals surface area contributed by atoms with E-state index in [1.807, 2.05) is 35.8 Å². The first-order valence-corrected chi connectivity index (χ1v) is 9.30. The van der Waals surface area contributed by atoms with Crippen LogP contribution in [-0.2, 0) is 16.1 Å². The van der Waals surface area contributed by atoms with Gasteiger partial charge < -0.3 is 14.8 Å². The number of para-hydroxylation sites is 2. The second-order valence-corrected chi connectivity index (χ2v) is 6.93. The summed E-state index contributed by atoms with van der Waals surface area (Å²) in [6, 6.07) is 7.43. The predicted octanol–water partition coefficient (Wildman–Crippen LogP) is 2.82. The highest BCUT2D eigenvalue weighted by Gasteiger charge is 2.31. The summed E-state index contributed by atoms with van der Waals surface area (Å²) in [5, 5.41) is 3.03. The number of benzene rings is 1. The molecule has 1 atom stereocenters. The first-order valence-electron chi connectivity index (χ1n) is 9.30. The van der Waals surface area contributed by atoms with E-state index in [1.165, 1.54) is 0 Å². The SMILES string of the molecule is C=CCN(CC=C)C(=O)Cn1c(C(C)NC(=O)C2CC2)nc2ccccc21. The fourth-order valence-electron chi connectivity index (χ4n) is 3.16. The summed E-state index contributed by atoms with van der Waals surface area (Å²) in [7, 11) is 0. The van der Waals surface area contributed by atoms with Gasteiger partial charge in [0.1, 0.15) is 12.4 Å². The standard InChI is InChI=1S/C21H26N4O2/c1-4-12-24(13-5-2)19(26)14-25-18-9-7-6-8-17(18)23-20(25)15(3)22-21(27)16-10-11-16/h4-9,15-16H,1-2,10-14H2,3H3,(H,22,27). The van der Waals surface area contributed by atoms with Crippen molar-refractivity contribution in [2.45, 2.75) is 32.4 Å². The molecule has 1 heterocycles. The molecule has 1 aliphatic rings. The number of imidazole rings is 1. The Morgan fingerprint density at radius 2 is 1.96 bits per heavy atom. The van der Waals surface area contributed by atoms with Crippen LogP contribution >= 0.6 is 0 Å². The van der Waals surface area contributed by atoms with Crippen LogP contribution in [0, 0.1) is 5.92 Å². The van der Waals surface area contributed by atoms with E-state index >= 15 is 0 Å². The fourth-order valence-corrected chi connectivity index (χ4v) is 3.16. The lowest BCUT2D eigenvalue weighted by atomic mass is 10.2. The van der Waals surface area contributed by atoms with Gasteiger partial charge in [0.15, 0.2) is 0 Å². The van der Waals surface area contributed by atoms with E-state index in [2.05, 4.69) is 23.5 Å². The van der Waals surface area contributed by atoms with Crippen LogP contribution in [0.3, 0.4) is 0 Å². The molecule has 0 spiro atoms. The van der Waals surface area contributed by atoms with Crippen molar-refractivity contribution in [3.8, 4) is 0 Å². The predicted molar refractivity (Wildman–Crippen MR) is 106 cm³/mol. The number of hydrogen-bond acceptors (Lipinski definition) is 3. The molecular formula is C21H26N4O2. The summed E-state index contributed by atoms with van der Waals surface area (Å²) >= 11 is 0. The molecule has 1 aromatic heterocycles. The molecule has 3 rings (SSSR count). The Hall–Kier alpha value is -2.89. The molecule has 1 fully saturated rings. The molecule has 0 aliphatic heterocycles. The van der Waals surface area contributed by atoms with Crippen molar-refractivity contribution in [2.75, 3.05) is 13.1 Å². The maximum atomic E-state index is 12.8. The van der Waals surface area contributed by atoms with Crippen LogP contribution in [0.4, 0.5) is 0 Å². The van der Waals surface area contributed by atoms with E-state index in [1.54, 1.807) is 17.1 Å². The zero-order valence-electron chi connectivity index (χ0n) is 15.7. The van der Waals surface area contributed by atoms with Gasteiger partial charge in [-0.05, 0) is 31.9 Å². The molecule has 1 N–H and O–H groups in total. The largest absolute Gasteiger partial charge is 0.346 e. The minimum Gasteiger partial charge on any atom is -0.346 e. The summed E-state index contributed by atoms with van der Waals surface area (Å²) in [6.07, 6.45) is 5.30. The second-order valence-electron chi connectivity index (χ2n) is 6.93. The second kappa shape index (κ2) is 8.20. The van der Waals surface area contributed by atoms with Crippen LogP contribution in [0.15, 0.2) is 49.6 Å². The molecule has 6 heteroatoms. The normalized spacial score (nSPS) is 14.6. The molecular weight excluding hydrogens is 340 g/mol. The van der Waals surface area contributed by atoms with Crippen molar-refractivity contribution >= 4 is 22.8 Å². The molecule has 1 saturated carbocycles. The average Bonchev–Trinajstić information content (AvgIpc) is 3.44. The molecule has 6 nitrogen and oxygen atoms in total. The molecule has 1 aliphatic carbocycles. The van der Waals surface area contributed by atoms with Gasteiger partial charge >= 0.3 is 0 Å². The Bertz CT molecular complexity index is 856. The molecule has 1 unspecified atom stereocenters. The minimum absolute atomic E-state index is 0.0417. The highest BCUT2D eigenvalue weighted by atomic mass is 16.2. The zero-order chi connectivity index (χ0) is 19.4. The van der Waals surface area contributed by atoms with Crippen molar-refractivity contribution in [3.05, 3.63) is 55.4 Å². The fraction of sp³-hybridized carbons (Fsp3) is 0.381. The van der Waals surface area contributed by atoms with E-state index in [0.29, 0.717) is 18.9 Å². The number of fused-ring (bicyclic) bond motifs is 1. The average molecular weight is 366 g/mol. The number of hydrogen-bond donors (Lipinski definition) is 1. The smallest absolute Gasteiger partial charge is 0.243 e. The van der Waals surface area contributed by atoms with Crippen molar-refractivity contribution in [2.24, 2.45) is 5.92 Å². The first kappa shape index (κ1) is 18.9. The molecule has 0 saturated heterocycles. The van der Waals surface area contributed by atoms with E-state index in [4.69, 9.17) is 0 Å². The Morgan fingerprint density at radius 3 is 2.59 bits per heavy atom. The van der Waals surface area contributed by atoms with Crippen LogP contribution in [0.1, 0.15) is 31.6 Å². The number of rotatable bonds is 9. The molecule has 0 bridgehead atoms. The molecule has 27 heavy (non-hydrogen) atoms. The van der Waals surface area contributed by atoms with E-state index in [9.17, 15) is 9.59 Å². The minimum atomic E-state index is -0.273. The van der Waals surface area contributed by atoms with Gasteiger partial charge in [0.2, 0.25) is 11.8 Å². The molecule has 142 valence electrons. The van der Waals surface area contributed by atoms with Gasteiger partial charge in [0.05, 0.1) is 17.1 Å². The molecule has 1 aromatic carbocycles. The van der Waals surface area contributed by atoms with Crippen molar-refractivity contribution in [1.82, 2.24) is 19.8 Å². The lowest BCUT2D eigenvalue weighted by molar-refractivity contribution is -0.130. The Morgan fingerprint density at radius 1 is 1.30 bits per heavy atom. The zero-order valence-corrected chi connectivity index (χ0v) is 15.7.